The molecule has 0 aliphatic rings. The van der Waals surface area contributed by atoms with Gasteiger partial charge in [-0.25, -0.2) is 4.98 Å². The number of nitrogens with zero attached hydrogens (tertiary/aromatic N) is 2. The molecule has 4 rings (SSSR count). The molecule has 0 N–H and O–H groups in total. The van der Waals surface area contributed by atoms with Gasteiger partial charge in [0, 0.05) is 11.6 Å². The second-order valence-corrected chi connectivity index (χ2v) is 5.06. The summed E-state index contributed by atoms with van der Waals surface area (Å²) in [6.07, 6.45) is 1.80. The van der Waals surface area contributed by atoms with Crippen molar-refractivity contribution in [1.29, 1.82) is 0 Å². The van der Waals surface area contributed by atoms with Crippen molar-refractivity contribution in [2.45, 2.75) is 0 Å². The van der Waals surface area contributed by atoms with E-state index in [1.54, 1.807) is 10.6 Å². The Hall–Kier alpha value is -2.20. The van der Waals surface area contributed by atoms with Crippen molar-refractivity contribution in [2.75, 3.05) is 0 Å². The molecule has 3 aromatic heterocycles. The molecule has 86 valence electrons. The molecule has 0 spiro atoms. The van der Waals surface area contributed by atoms with Crippen LogP contribution in [0.1, 0.15) is 0 Å². The van der Waals surface area contributed by atoms with Gasteiger partial charge in [-0.2, -0.15) is 0 Å². The van der Waals surface area contributed by atoms with Gasteiger partial charge in [-0.15, -0.1) is 11.3 Å². The van der Waals surface area contributed by atoms with E-state index in [0.717, 1.165) is 21.9 Å². The molecule has 0 fully saturated rings. The summed E-state index contributed by atoms with van der Waals surface area (Å²) in [5, 5.41) is 4.00. The molecule has 3 nitrogen and oxygen atoms in total. The molecule has 0 unspecified atom stereocenters. The molecule has 0 saturated heterocycles. The van der Waals surface area contributed by atoms with Gasteiger partial charge in [0.25, 0.3) is 5.56 Å². The number of fused-ring (bicyclic) bond motifs is 4. The number of aromatic nitrogens is 2. The Morgan fingerprint density at radius 3 is 2.94 bits per heavy atom. The van der Waals surface area contributed by atoms with E-state index in [9.17, 15) is 4.79 Å². The predicted molar refractivity (Wildman–Crippen MR) is 74.4 cm³/mol. The summed E-state index contributed by atoms with van der Waals surface area (Å²) in [5.74, 6) is 0. The van der Waals surface area contributed by atoms with Crippen LogP contribution in [-0.2, 0) is 0 Å². The van der Waals surface area contributed by atoms with Gasteiger partial charge in [0.1, 0.15) is 10.3 Å². The Bertz CT molecular complexity index is 952. The third-order valence-corrected chi connectivity index (χ3v) is 4.01. The molecule has 1 aromatic carbocycles. The Labute approximate surface area is 106 Å². The molecule has 0 amide bonds. The average molecular weight is 252 g/mol. The minimum absolute atomic E-state index is 0.00996. The topological polar surface area (TPSA) is 34.4 Å². The van der Waals surface area contributed by atoms with Crippen molar-refractivity contribution < 1.29 is 0 Å². The van der Waals surface area contributed by atoms with Gasteiger partial charge in [-0.1, -0.05) is 24.3 Å². The first-order valence-electron chi connectivity index (χ1n) is 5.62. The Morgan fingerprint density at radius 1 is 1.11 bits per heavy atom. The monoisotopic (exact) mass is 252 g/mol. The Balaban J connectivity index is 2.38. The lowest BCUT2D eigenvalue weighted by Gasteiger charge is -2.04. The summed E-state index contributed by atoms with van der Waals surface area (Å²) >= 11 is 1.44. The lowest BCUT2D eigenvalue weighted by molar-refractivity contribution is 1.10. The minimum Gasteiger partial charge on any atom is -0.267 e. The van der Waals surface area contributed by atoms with E-state index >= 15 is 0 Å². The van der Waals surface area contributed by atoms with Crippen LogP contribution in [0.15, 0.2) is 52.8 Å². The average Bonchev–Trinajstić information content (AvgIpc) is 2.87. The first kappa shape index (κ1) is 9.79. The number of thiophene rings is 1. The van der Waals surface area contributed by atoms with Crippen LogP contribution in [0.3, 0.4) is 0 Å². The zero-order chi connectivity index (χ0) is 12.1. The molecule has 0 radical (unpaired) electrons. The molecule has 4 heteroatoms. The fourth-order valence-corrected chi connectivity index (χ4v) is 3.02. The molecule has 0 saturated carbocycles. The van der Waals surface area contributed by atoms with Gasteiger partial charge in [0.15, 0.2) is 0 Å². The first-order valence-corrected chi connectivity index (χ1v) is 6.50. The summed E-state index contributed by atoms with van der Waals surface area (Å²) in [7, 11) is 0. The predicted octanol–water partition coefficient (Wildman–Crippen LogP) is 3.06. The van der Waals surface area contributed by atoms with Crippen LogP contribution >= 0.6 is 11.3 Å². The molecular formula is C14H8N2OS. The van der Waals surface area contributed by atoms with Crippen LogP contribution in [0, 0.1) is 0 Å². The lowest BCUT2D eigenvalue weighted by atomic mass is 10.1. The largest absolute Gasteiger partial charge is 0.275 e. The van der Waals surface area contributed by atoms with Crippen molar-refractivity contribution in [1.82, 2.24) is 9.38 Å². The van der Waals surface area contributed by atoms with Crippen LogP contribution in [0.5, 0.6) is 0 Å². The molecule has 18 heavy (non-hydrogen) atoms. The number of rotatable bonds is 0. The maximum atomic E-state index is 12.3. The first-order chi connectivity index (χ1) is 8.84. The van der Waals surface area contributed by atoms with Gasteiger partial charge in [-0.3, -0.25) is 9.20 Å². The number of benzene rings is 1. The third-order valence-electron chi connectivity index (χ3n) is 3.12. The maximum Gasteiger partial charge on any atom is 0.275 e. The second kappa shape index (κ2) is 3.40. The van der Waals surface area contributed by atoms with E-state index in [2.05, 4.69) is 4.98 Å². The molecule has 0 bridgehead atoms. The van der Waals surface area contributed by atoms with E-state index in [1.165, 1.54) is 11.3 Å². The molecule has 0 atom stereocenters. The van der Waals surface area contributed by atoms with Gasteiger partial charge in [-0.05, 0) is 22.9 Å². The second-order valence-electron chi connectivity index (χ2n) is 4.15. The van der Waals surface area contributed by atoms with Gasteiger partial charge >= 0.3 is 0 Å². The fraction of sp³-hybridized carbons (Fsp3) is 0. The fourth-order valence-electron chi connectivity index (χ4n) is 2.25. The summed E-state index contributed by atoms with van der Waals surface area (Å²) in [6.45, 7) is 0. The minimum atomic E-state index is 0.00996. The van der Waals surface area contributed by atoms with E-state index < -0.39 is 0 Å². The van der Waals surface area contributed by atoms with Crippen molar-refractivity contribution in [3.8, 4) is 0 Å². The maximum absolute atomic E-state index is 12.3. The highest BCUT2D eigenvalue weighted by Gasteiger charge is 2.08. The SMILES string of the molecule is O=c1c2sccc2nc2c3ccccc3ccn12. The van der Waals surface area contributed by atoms with Crippen LogP contribution < -0.4 is 5.56 Å². The molecule has 0 aliphatic heterocycles. The highest BCUT2D eigenvalue weighted by atomic mass is 32.1. The molecule has 4 aromatic rings. The van der Waals surface area contributed by atoms with E-state index in [1.807, 2.05) is 41.8 Å². The van der Waals surface area contributed by atoms with Crippen LogP contribution in [0.4, 0.5) is 0 Å². The van der Waals surface area contributed by atoms with Crippen molar-refractivity contribution in [3.05, 3.63) is 58.3 Å². The van der Waals surface area contributed by atoms with E-state index in [0.29, 0.717) is 4.70 Å². The Morgan fingerprint density at radius 2 is 2.00 bits per heavy atom. The summed E-state index contributed by atoms with van der Waals surface area (Å²) in [5.41, 5.74) is 1.51. The van der Waals surface area contributed by atoms with Crippen molar-refractivity contribution >= 4 is 38.0 Å². The van der Waals surface area contributed by atoms with E-state index in [-0.39, 0.29) is 5.56 Å². The summed E-state index contributed by atoms with van der Waals surface area (Å²) in [6, 6.07) is 11.8. The summed E-state index contributed by atoms with van der Waals surface area (Å²) < 4.78 is 2.34. The van der Waals surface area contributed by atoms with Crippen LogP contribution in [-0.4, -0.2) is 9.38 Å². The smallest absolute Gasteiger partial charge is 0.267 e. The molecule has 3 heterocycles. The quantitative estimate of drug-likeness (QED) is 0.451. The third kappa shape index (κ3) is 1.18. The zero-order valence-corrected chi connectivity index (χ0v) is 10.1. The van der Waals surface area contributed by atoms with Crippen LogP contribution in [0.2, 0.25) is 0 Å². The van der Waals surface area contributed by atoms with Gasteiger partial charge in [0.2, 0.25) is 0 Å². The van der Waals surface area contributed by atoms with E-state index in [4.69, 9.17) is 0 Å². The van der Waals surface area contributed by atoms with Crippen LogP contribution in [0.25, 0.3) is 26.6 Å². The number of hydrogen-bond acceptors (Lipinski definition) is 3. The highest BCUT2D eigenvalue weighted by Crippen LogP contribution is 2.21. The molecule has 0 aliphatic carbocycles. The Kier molecular flexibility index (Phi) is 1.85. The zero-order valence-electron chi connectivity index (χ0n) is 9.33. The number of hydrogen-bond donors (Lipinski definition) is 0. The number of pyridine rings is 1. The standard InChI is InChI=1S/C14H8N2OS/c17-14-12-11(6-8-18-12)15-13-10-4-2-1-3-9(10)5-7-16(13)14/h1-8H. The normalized spacial score (nSPS) is 11.6. The van der Waals surface area contributed by atoms with Crippen molar-refractivity contribution in [2.24, 2.45) is 0 Å². The highest BCUT2D eigenvalue weighted by molar-refractivity contribution is 7.17. The lowest BCUT2D eigenvalue weighted by Crippen LogP contribution is -2.13. The van der Waals surface area contributed by atoms with Gasteiger partial charge in [0.05, 0.1) is 5.52 Å². The van der Waals surface area contributed by atoms with Crippen molar-refractivity contribution in [3.63, 3.8) is 0 Å². The summed E-state index contributed by atoms with van der Waals surface area (Å²) in [4.78, 5) is 16.9. The van der Waals surface area contributed by atoms with Gasteiger partial charge < -0.3 is 0 Å². The molecular weight excluding hydrogens is 244 g/mol.